The van der Waals surface area contributed by atoms with Crippen molar-refractivity contribution in [1.82, 2.24) is 9.88 Å². The molecule has 2 aromatic rings. The summed E-state index contributed by atoms with van der Waals surface area (Å²) in [4.78, 5) is 7.08. The zero-order valence-corrected chi connectivity index (χ0v) is 13.4. The number of hydrogen-bond acceptors (Lipinski definition) is 4. The maximum absolute atomic E-state index is 9.90. The lowest BCUT2D eigenvalue weighted by Crippen LogP contribution is -2.51. The van der Waals surface area contributed by atoms with Crippen molar-refractivity contribution in [3.05, 3.63) is 36.0 Å². The molecule has 4 heteroatoms. The molecule has 1 aromatic carbocycles. The van der Waals surface area contributed by atoms with Crippen LogP contribution in [-0.2, 0) is 4.74 Å². The summed E-state index contributed by atoms with van der Waals surface area (Å²) in [5, 5.41) is 10.9. The number of morpholine rings is 1. The number of nitrogens with zero attached hydrogens (tertiary/aromatic N) is 2. The second-order valence-electron chi connectivity index (χ2n) is 7.54. The molecular weight excluding hydrogens is 288 g/mol. The maximum atomic E-state index is 9.90. The Balaban J connectivity index is 1.62. The number of phenols is 1. The van der Waals surface area contributed by atoms with Gasteiger partial charge in [-0.25, -0.2) is 0 Å². The van der Waals surface area contributed by atoms with Crippen LogP contribution in [0.2, 0.25) is 0 Å². The van der Waals surface area contributed by atoms with Crippen molar-refractivity contribution in [3.63, 3.8) is 0 Å². The molecule has 3 saturated heterocycles. The van der Waals surface area contributed by atoms with Crippen molar-refractivity contribution in [2.75, 3.05) is 13.1 Å². The molecule has 0 spiro atoms. The lowest BCUT2D eigenvalue weighted by atomic mass is 9.77. The molecular formula is C19H22N2O2. The van der Waals surface area contributed by atoms with E-state index in [1.807, 2.05) is 18.3 Å². The Labute approximate surface area is 136 Å². The minimum Gasteiger partial charge on any atom is -0.508 e. The minimum atomic E-state index is 0.0944. The minimum absolute atomic E-state index is 0.0944. The molecule has 0 aliphatic carbocycles. The molecule has 0 amide bonds. The molecule has 120 valence electrons. The molecule has 1 N–H and O–H groups in total. The number of hydrogen-bond donors (Lipinski definition) is 1. The van der Waals surface area contributed by atoms with E-state index < -0.39 is 0 Å². The van der Waals surface area contributed by atoms with Gasteiger partial charge in [0.25, 0.3) is 0 Å². The van der Waals surface area contributed by atoms with Gasteiger partial charge < -0.3 is 9.84 Å². The van der Waals surface area contributed by atoms with Crippen molar-refractivity contribution < 1.29 is 9.84 Å². The van der Waals surface area contributed by atoms with Gasteiger partial charge in [0.05, 0.1) is 17.7 Å². The summed E-state index contributed by atoms with van der Waals surface area (Å²) in [6, 6.07) is 7.95. The number of phenolic OH excluding ortho intramolecular Hbond substituents is 1. The number of ether oxygens (including phenoxy) is 1. The van der Waals surface area contributed by atoms with Crippen LogP contribution in [0.15, 0.2) is 30.5 Å². The number of aromatic hydroxyl groups is 1. The molecule has 4 unspecified atom stereocenters. The van der Waals surface area contributed by atoms with Gasteiger partial charge in [-0.15, -0.1) is 0 Å². The third-order valence-electron chi connectivity index (χ3n) is 6.25. The molecule has 0 saturated carbocycles. The normalized spacial score (nSPS) is 38.3. The third-order valence-corrected chi connectivity index (χ3v) is 6.25. The summed E-state index contributed by atoms with van der Waals surface area (Å²) in [6.45, 7) is 4.62. The number of rotatable bonds is 2. The van der Waals surface area contributed by atoms with Gasteiger partial charge in [-0.1, -0.05) is 6.92 Å². The van der Waals surface area contributed by atoms with E-state index in [-0.39, 0.29) is 6.10 Å². The molecule has 4 heterocycles. The lowest BCUT2D eigenvalue weighted by molar-refractivity contribution is -0.125. The van der Waals surface area contributed by atoms with Crippen LogP contribution in [-0.4, -0.2) is 40.2 Å². The summed E-state index contributed by atoms with van der Waals surface area (Å²) < 4.78 is 6.52. The van der Waals surface area contributed by atoms with E-state index in [0.29, 0.717) is 23.3 Å². The summed E-state index contributed by atoms with van der Waals surface area (Å²) in [5.74, 6) is 0.292. The number of aromatic nitrogens is 1. The van der Waals surface area contributed by atoms with Gasteiger partial charge in [0.1, 0.15) is 5.75 Å². The first-order chi connectivity index (χ1) is 11.2. The average Bonchev–Trinajstić information content (AvgIpc) is 2.76. The van der Waals surface area contributed by atoms with Gasteiger partial charge in [0.15, 0.2) is 0 Å². The lowest BCUT2D eigenvalue weighted by Gasteiger charge is -2.44. The van der Waals surface area contributed by atoms with Gasteiger partial charge in [-0.3, -0.25) is 9.88 Å². The van der Waals surface area contributed by atoms with Crippen LogP contribution in [0.5, 0.6) is 5.75 Å². The van der Waals surface area contributed by atoms with Gasteiger partial charge >= 0.3 is 0 Å². The van der Waals surface area contributed by atoms with Crippen molar-refractivity contribution >= 4 is 10.9 Å². The molecule has 5 rings (SSSR count). The Hall–Kier alpha value is -1.65. The zero-order valence-electron chi connectivity index (χ0n) is 13.4. The molecule has 4 nitrogen and oxygen atoms in total. The molecule has 3 aliphatic rings. The van der Waals surface area contributed by atoms with Crippen LogP contribution < -0.4 is 0 Å². The highest BCUT2D eigenvalue weighted by molar-refractivity contribution is 5.83. The average molecular weight is 310 g/mol. The second kappa shape index (κ2) is 4.68. The SMILES string of the molecule is CCC12CC3CN(C1)C(C2)[C@@H](c1ccnc2ccc(O)cc12)O3. The summed E-state index contributed by atoms with van der Waals surface area (Å²) in [6.07, 6.45) is 5.97. The molecule has 5 atom stereocenters. The van der Waals surface area contributed by atoms with E-state index in [1.165, 1.54) is 31.4 Å². The van der Waals surface area contributed by atoms with E-state index in [2.05, 4.69) is 22.9 Å². The van der Waals surface area contributed by atoms with Gasteiger partial charge in [-0.05, 0) is 54.5 Å². The quantitative estimate of drug-likeness (QED) is 0.925. The fourth-order valence-electron chi connectivity index (χ4n) is 5.11. The first-order valence-electron chi connectivity index (χ1n) is 8.65. The summed E-state index contributed by atoms with van der Waals surface area (Å²) in [5.41, 5.74) is 2.56. The summed E-state index contributed by atoms with van der Waals surface area (Å²) in [7, 11) is 0. The van der Waals surface area contributed by atoms with E-state index >= 15 is 0 Å². The van der Waals surface area contributed by atoms with Gasteiger partial charge in [-0.2, -0.15) is 0 Å². The topological polar surface area (TPSA) is 45.6 Å². The van der Waals surface area contributed by atoms with E-state index in [1.54, 1.807) is 6.07 Å². The number of benzene rings is 1. The third kappa shape index (κ3) is 1.95. The smallest absolute Gasteiger partial charge is 0.116 e. The van der Waals surface area contributed by atoms with Crippen LogP contribution >= 0.6 is 0 Å². The van der Waals surface area contributed by atoms with Gasteiger partial charge in [0, 0.05) is 30.7 Å². The Kier molecular flexibility index (Phi) is 2.80. The first-order valence-corrected chi connectivity index (χ1v) is 8.65. The molecule has 3 aliphatic heterocycles. The molecule has 0 radical (unpaired) electrons. The Morgan fingerprint density at radius 3 is 3.13 bits per heavy atom. The Bertz CT molecular complexity index is 777. The van der Waals surface area contributed by atoms with E-state index in [9.17, 15) is 5.11 Å². The zero-order chi connectivity index (χ0) is 15.6. The highest BCUT2D eigenvalue weighted by Gasteiger charge is 2.55. The largest absolute Gasteiger partial charge is 0.508 e. The second-order valence-corrected chi connectivity index (χ2v) is 7.54. The Morgan fingerprint density at radius 1 is 1.35 bits per heavy atom. The highest BCUT2D eigenvalue weighted by Crippen LogP contribution is 2.54. The van der Waals surface area contributed by atoms with Crippen molar-refractivity contribution in [3.8, 4) is 5.75 Å². The van der Waals surface area contributed by atoms with Crippen LogP contribution in [0, 0.1) is 5.41 Å². The summed E-state index contributed by atoms with van der Waals surface area (Å²) >= 11 is 0. The van der Waals surface area contributed by atoms with Crippen molar-refractivity contribution in [2.45, 2.75) is 44.4 Å². The number of piperidine rings is 1. The van der Waals surface area contributed by atoms with Crippen LogP contribution in [0.3, 0.4) is 0 Å². The van der Waals surface area contributed by atoms with E-state index in [0.717, 1.165) is 17.4 Å². The van der Waals surface area contributed by atoms with Crippen LogP contribution in [0.1, 0.15) is 37.9 Å². The maximum Gasteiger partial charge on any atom is 0.116 e. The molecule has 23 heavy (non-hydrogen) atoms. The fourth-order valence-corrected chi connectivity index (χ4v) is 5.11. The molecule has 3 bridgehead atoms. The van der Waals surface area contributed by atoms with E-state index in [4.69, 9.17) is 4.74 Å². The standard InChI is InChI=1S/C19H22N2O2/c1-2-19-8-13-10-21(11-19)17(9-19)18(23-13)14-5-6-20-16-4-3-12(22)7-15(14)16/h3-7,13,17-18,22H,2,8-11H2,1H3/t13?,17?,18-,19?/m1/s1. The monoisotopic (exact) mass is 310 g/mol. The van der Waals surface area contributed by atoms with Crippen molar-refractivity contribution in [1.29, 1.82) is 0 Å². The highest BCUT2D eigenvalue weighted by atomic mass is 16.5. The van der Waals surface area contributed by atoms with Crippen LogP contribution in [0.25, 0.3) is 10.9 Å². The predicted octanol–water partition coefficient (Wildman–Crippen LogP) is 3.25. The number of pyridine rings is 1. The number of fused-ring (bicyclic) bond motifs is 3. The predicted molar refractivity (Wildman–Crippen MR) is 88.3 cm³/mol. The Morgan fingerprint density at radius 2 is 2.26 bits per heavy atom. The molecule has 1 aromatic heterocycles. The fraction of sp³-hybridized carbons (Fsp3) is 0.526. The first kappa shape index (κ1) is 13.8. The van der Waals surface area contributed by atoms with Gasteiger partial charge in [0.2, 0.25) is 0 Å². The van der Waals surface area contributed by atoms with Crippen molar-refractivity contribution in [2.24, 2.45) is 5.41 Å². The van der Waals surface area contributed by atoms with Crippen LogP contribution in [0.4, 0.5) is 0 Å². The molecule has 3 fully saturated rings.